The lowest BCUT2D eigenvalue weighted by atomic mass is 10.2. The Morgan fingerprint density at radius 2 is 1.91 bits per heavy atom. The Labute approximate surface area is 141 Å². The molecule has 0 unspecified atom stereocenters. The number of hydrogen-bond acceptors (Lipinski definition) is 5. The molecular formula is C16H20N2O3S2. The first kappa shape index (κ1) is 17.8. The second-order valence-electron chi connectivity index (χ2n) is 5.08. The lowest BCUT2D eigenvalue weighted by Gasteiger charge is -2.11. The SMILES string of the molecule is Cc1ccccc1OCCSc1ccc(S(=O)(=O)N(C)C)cn1. The van der Waals surface area contributed by atoms with Crippen molar-refractivity contribution in [2.45, 2.75) is 16.8 Å². The highest BCUT2D eigenvalue weighted by atomic mass is 32.2. The summed E-state index contributed by atoms with van der Waals surface area (Å²) >= 11 is 1.53. The molecule has 0 amide bonds. The van der Waals surface area contributed by atoms with Crippen molar-refractivity contribution in [3.63, 3.8) is 0 Å². The minimum atomic E-state index is -3.42. The van der Waals surface area contributed by atoms with E-state index in [9.17, 15) is 8.42 Å². The number of thioether (sulfide) groups is 1. The minimum absolute atomic E-state index is 0.197. The van der Waals surface area contributed by atoms with E-state index >= 15 is 0 Å². The number of aryl methyl sites for hydroxylation is 1. The number of benzene rings is 1. The maximum atomic E-state index is 12.0. The van der Waals surface area contributed by atoms with Crippen molar-refractivity contribution in [1.29, 1.82) is 0 Å². The van der Waals surface area contributed by atoms with Gasteiger partial charge in [-0.3, -0.25) is 0 Å². The lowest BCUT2D eigenvalue weighted by molar-refractivity contribution is 0.341. The summed E-state index contributed by atoms with van der Waals surface area (Å²) in [5.41, 5.74) is 1.11. The molecule has 0 atom stereocenters. The molecule has 0 spiro atoms. The highest BCUT2D eigenvalue weighted by molar-refractivity contribution is 7.99. The molecule has 23 heavy (non-hydrogen) atoms. The van der Waals surface area contributed by atoms with E-state index in [1.165, 1.54) is 36.4 Å². The predicted octanol–water partition coefficient (Wildman–Crippen LogP) is 2.81. The van der Waals surface area contributed by atoms with Crippen molar-refractivity contribution in [1.82, 2.24) is 9.29 Å². The predicted molar refractivity (Wildman–Crippen MR) is 92.5 cm³/mol. The molecule has 0 aliphatic carbocycles. The molecule has 1 aromatic carbocycles. The smallest absolute Gasteiger partial charge is 0.244 e. The molecular weight excluding hydrogens is 332 g/mol. The van der Waals surface area contributed by atoms with Crippen molar-refractivity contribution in [3.8, 4) is 5.75 Å². The minimum Gasteiger partial charge on any atom is -0.492 e. The summed E-state index contributed by atoms with van der Waals surface area (Å²) in [6.07, 6.45) is 1.39. The number of rotatable bonds is 7. The maximum absolute atomic E-state index is 12.0. The second kappa shape index (κ2) is 7.81. The van der Waals surface area contributed by atoms with Crippen LogP contribution in [-0.2, 0) is 10.0 Å². The molecule has 2 rings (SSSR count). The van der Waals surface area contributed by atoms with Crippen LogP contribution in [0.25, 0.3) is 0 Å². The average molecular weight is 352 g/mol. The highest BCUT2D eigenvalue weighted by Crippen LogP contribution is 2.20. The van der Waals surface area contributed by atoms with E-state index in [1.807, 2.05) is 31.2 Å². The second-order valence-corrected chi connectivity index (χ2v) is 8.35. The number of aromatic nitrogens is 1. The third-order valence-electron chi connectivity index (χ3n) is 3.17. The summed E-state index contributed by atoms with van der Waals surface area (Å²) in [6, 6.07) is 11.2. The van der Waals surface area contributed by atoms with E-state index in [0.29, 0.717) is 6.61 Å². The molecule has 0 aliphatic rings. The van der Waals surface area contributed by atoms with Crippen LogP contribution in [0.1, 0.15) is 5.56 Å². The van der Waals surface area contributed by atoms with Gasteiger partial charge in [0.05, 0.1) is 11.6 Å². The Kier molecular flexibility index (Phi) is 6.04. The molecule has 0 N–H and O–H groups in total. The zero-order valence-electron chi connectivity index (χ0n) is 13.4. The van der Waals surface area contributed by atoms with Gasteiger partial charge in [0.15, 0.2) is 0 Å². The number of nitrogens with zero attached hydrogens (tertiary/aromatic N) is 2. The van der Waals surface area contributed by atoms with Gasteiger partial charge >= 0.3 is 0 Å². The molecule has 5 nitrogen and oxygen atoms in total. The summed E-state index contributed by atoms with van der Waals surface area (Å²) in [4.78, 5) is 4.39. The van der Waals surface area contributed by atoms with E-state index in [0.717, 1.165) is 22.1 Å². The summed E-state index contributed by atoms with van der Waals surface area (Å²) in [5, 5.41) is 0.774. The zero-order chi connectivity index (χ0) is 16.9. The van der Waals surface area contributed by atoms with Crippen LogP contribution in [0.5, 0.6) is 5.75 Å². The van der Waals surface area contributed by atoms with Gasteiger partial charge in [0, 0.05) is 26.0 Å². The van der Waals surface area contributed by atoms with Gasteiger partial charge in [-0.25, -0.2) is 17.7 Å². The van der Waals surface area contributed by atoms with Crippen LogP contribution >= 0.6 is 11.8 Å². The number of hydrogen-bond donors (Lipinski definition) is 0. The van der Waals surface area contributed by atoms with Crippen LogP contribution in [0.3, 0.4) is 0 Å². The van der Waals surface area contributed by atoms with Crippen molar-refractivity contribution < 1.29 is 13.2 Å². The standard InChI is InChI=1S/C16H20N2O3S2/c1-13-6-4-5-7-15(13)21-10-11-22-16-9-8-14(12-17-16)23(19,20)18(2)3/h4-9,12H,10-11H2,1-3H3. The third kappa shape index (κ3) is 4.70. The molecule has 2 aromatic rings. The zero-order valence-corrected chi connectivity index (χ0v) is 15.0. The number of ether oxygens (including phenoxy) is 1. The molecule has 0 aliphatic heterocycles. The average Bonchev–Trinajstić information content (AvgIpc) is 2.53. The van der Waals surface area contributed by atoms with Gasteiger partial charge in [0.2, 0.25) is 10.0 Å². The van der Waals surface area contributed by atoms with Gasteiger partial charge in [-0.1, -0.05) is 18.2 Å². The van der Waals surface area contributed by atoms with Crippen molar-refractivity contribution >= 4 is 21.8 Å². The topological polar surface area (TPSA) is 59.5 Å². The van der Waals surface area contributed by atoms with Crippen molar-refractivity contribution in [2.24, 2.45) is 0 Å². The summed E-state index contributed by atoms with van der Waals surface area (Å²) in [6.45, 7) is 2.57. The largest absolute Gasteiger partial charge is 0.492 e. The first-order chi connectivity index (χ1) is 10.9. The van der Waals surface area contributed by atoms with Crippen molar-refractivity contribution in [3.05, 3.63) is 48.2 Å². The Balaban J connectivity index is 1.86. The van der Waals surface area contributed by atoms with Crippen LogP contribution in [0.2, 0.25) is 0 Å². The molecule has 1 aromatic heterocycles. The Morgan fingerprint density at radius 1 is 1.17 bits per heavy atom. The fourth-order valence-corrected chi connectivity index (χ4v) is 3.35. The van der Waals surface area contributed by atoms with Gasteiger partial charge < -0.3 is 4.74 Å². The van der Waals surface area contributed by atoms with E-state index < -0.39 is 10.0 Å². The van der Waals surface area contributed by atoms with Gasteiger partial charge in [0.1, 0.15) is 10.6 Å². The molecule has 0 bridgehead atoms. The van der Waals surface area contributed by atoms with E-state index in [1.54, 1.807) is 12.1 Å². The first-order valence-electron chi connectivity index (χ1n) is 7.11. The Hall–Kier alpha value is -1.57. The monoisotopic (exact) mass is 352 g/mol. The molecule has 0 radical (unpaired) electrons. The molecule has 0 fully saturated rings. The summed E-state index contributed by atoms with van der Waals surface area (Å²) in [5.74, 6) is 1.62. The van der Waals surface area contributed by atoms with Gasteiger partial charge in [-0.2, -0.15) is 0 Å². The fourth-order valence-electron chi connectivity index (χ4n) is 1.83. The van der Waals surface area contributed by atoms with Gasteiger partial charge in [-0.15, -0.1) is 11.8 Å². The Morgan fingerprint density at radius 3 is 2.52 bits per heavy atom. The van der Waals surface area contributed by atoms with E-state index in [4.69, 9.17) is 4.74 Å². The third-order valence-corrected chi connectivity index (χ3v) is 5.88. The highest BCUT2D eigenvalue weighted by Gasteiger charge is 2.17. The van der Waals surface area contributed by atoms with E-state index in [2.05, 4.69) is 4.98 Å². The molecule has 124 valence electrons. The normalized spacial score (nSPS) is 11.7. The van der Waals surface area contributed by atoms with E-state index in [-0.39, 0.29) is 4.90 Å². The molecule has 0 saturated heterocycles. The number of sulfonamides is 1. The summed E-state index contributed by atoms with van der Waals surface area (Å²) < 4.78 is 30.8. The molecule has 7 heteroatoms. The van der Waals surface area contributed by atoms with Crippen LogP contribution in [-0.4, -0.2) is 44.2 Å². The number of pyridine rings is 1. The van der Waals surface area contributed by atoms with Crippen LogP contribution in [0, 0.1) is 6.92 Å². The quantitative estimate of drug-likeness (QED) is 0.566. The lowest BCUT2D eigenvalue weighted by Crippen LogP contribution is -2.22. The fraction of sp³-hybridized carbons (Fsp3) is 0.312. The van der Waals surface area contributed by atoms with Crippen LogP contribution in [0.15, 0.2) is 52.5 Å². The maximum Gasteiger partial charge on any atom is 0.244 e. The summed E-state index contributed by atoms with van der Waals surface area (Å²) in [7, 11) is -0.421. The molecule has 1 heterocycles. The van der Waals surface area contributed by atoms with Crippen LogP contribution in [0.4, 0.5) is 0 Å². The van der Waals surface area contributed by atoms with Gasteiger partial charge in [0.25, 0.3) is 0 Å². The first-order valence-corrected chi connectivity index (χ1v) is 9.53. The van der Waals surface area contributed by atoms with Crippen molar-refractivity contribution in [2.75, 3.05) is 26.5 Å². The van der Waals surface area contributed by atoms with Crippen LogP contribution < -0.4 is 4.74 Å². The van der Waals surface area contributed by atoms with Gasteiger partial charge in [-0.05, 0) is 30.7 Å². The molecule has 0 saturated carbocycles. The number of para-hydroxylation sites is 1. The Bertz CT molecular complexity index is 744.